The summed E-state index contributed by atoms with van der Waals surface area (Å²) in [5, 5.41) is 27.1. The number of alkyl halides is 3. The molecule has 0 aliphatic carbocycles. The summed E-state index contributed by atoms with van der Waals surface area (Å²) in [6.45, 7) is 8.81. The van der Waals surface area contributed by atoms with Crippen LogP contribution in [0.25, 0.3) is 0 Å². The number of rotatable bonds is 12. The van der Waals surface area contributed by atoms with Crippen molar-refractivity contribution < 1.29 is 90.1 Å². The van der Waals surface area contributed by atoms with Crippen LogP contribution in [0, 0.1) is 36.0 Å². The summed E-state index contributed by atoms with van der Waals surface area (Å²) in [5.41, 5.74) is -4.40. The molecule has 0 bridgehead atoms. The van der Waals surface area contributed by atoms with E-state index in [1.807, 2.05) is 66.7 Å². The van der Waals surface area contributed by atoms with E-state index in [2.05, 4.69) is 204 Å². The van der Waals surface area contributed by atoms with E-state index in [1.54, 1.807) is 41.5 Å². The minimum Gasteiger partial charge on any atom is -0.0622 e. The smallest absolute Gasteiger partial charge is 0.0134 e. The summed E-state index contributed by atoms with van der Waals surface area (Å²) in [4.78, 5) is 52.2. The number of aliphatic hydroxyl groups is 2. The average molecular weight is 1650 g/mol. The van der Waals surface area contributed by atoms with Crippen LogP contribution in [0.4, 0.5) is 22.8 Å². The Morgan fingerprint density at radius 3 is 1.09 bits per heavy atom. The minimum absolute atomic E-state index is 0.106. The van der Waals surface area contributed by atoms with Crippen molar-refractivity contribution in [3.05, 3.63) is 277 Å². The fourth-order valence-electron chi connectivity index (χ4n) is 11.5. The van der Waals surface area contributed by atoms with Crippen molar-refractivity contribution in [1.29, 1.82) is 0 Å². The predicted octanol–water partition coefficient (Wildman–Crippen LogP) is 13.8. The van der Waals surface area contributed by atoms with Gasteiger partial charge in [0.05, 0.1) is 25.4 Å². The number of benzene rings is 8. The first-order valence-corrected chi connectivity index (χ1v) is 42.0. The zero-order valence-electron chi connectivity index (χ0n) is 59.7. The summed E-state index contributed by atoms with van der Waals surface area (Å²) >= 11 is -0.106. The number of amides is 2. The third kappa shape index (κ3) is 26.8. The van der Waals surface area contributed by atoms with E-state index in [4.69, 9.17) is 44.4 Å². The standard InChI is InChI=1S/C23H27NO5.2C18H15P.C16H22F3NO8S.C8H6.2ClH.Pd/c1-23(2,3)29-22(27)24-14-18-13-17(10-9-16-7-5-4-6-8-16)11-12-28-21(18)20(24)19(26)15-25;2*1-4-10-16(11-5-1)19(17-12-6-2-7-13-17)18-14-8-3-9-15-18;1-15(2,3)27-14(23)20-7-9-6-10(28-29(24,25)16(17,18)19)4-5-26-13(9)12(20)11(22)8-21;1-2-8-6-4-3-5-7-8;;;/h4-8,13,18,20-21,25H,11-12,14-15H2,1-3H3;2*1-15H;6,9,12-13,21H,4-5,7-8H2,1-3H3;1,3-7H;2*1H;/q;;;;;;;+2/p-2/t18-,20+,21+;;;9-,12+,13+;;;;/m0..0..../s1. The maximum absolute atomic E-state index is 12.7. The van der Waals surface area contributed by atoms with Gasteiger partial charge >= 0.3 is 62.8 Å². The van der Waals surface area contributed by atoms with E-state index in [0.717, 1.165) is 27.7 Å². The fraction of sp³-hybridized carbons (Fsp3) is 0.277. The number of hydrogen-bond acceptors (Lipinski definition) is 13. The van der Waals surface area contributed by atoms with Crippen LogP contribution in [0.1, 0.15) is 65.5 Å². The topological polar surface area (TPSA) is 196 Å². The molecule has 15 nitrogen and oxygen atoms in total. The molecule has 0 spiro atoms. The molecule has 0 saturated carbocycles. The largest absolute Gasteiger partial charge is 0.0622 e. The molecular weight excluding hydrogens is 1560 g/mol. The first-order chi connectivity index (χ1) is 51.2. The van der Waals surface area contributed by atoms with Gasteiger partial charge in [-0.2, -0.15) is 21.6 Å². The molecule has 6 atom stereocenters. The van der Waals surface area contributed by atoms with Crippen molar-refractivity contribution in [3.63, 3.8) is 0 Å². The molecule has 0 radical (unpaired) electrons. The monoisotopic (exact) mass is 1640 g/mol. The van der Waals surface area contributed by atoms with Crippen LogP contribution < -0.4 is 31.8 Å². The molecule has 566 valence electrons. The number of aliphatic hydroxyl groups excluding tert-OH is 2. The Bertz CT molecular complexity index is 4080. The Morgan fingerprint density at radius 2 is 0.804 bits per heavy atom. The molecule has 8 aromatic carbocycles. The number of ether oxygens (including phenoxy) is 4. The quantitative estimate of drug-likeness (QED) is 0.0386. The number of ketones is 2. The van der Waals surface area contributed by atoms with Crippen molar-refractivity contribution in [3.8, 4) is 24.2 Å². The van der Waals surface area contributed by atoms with Crippen LogP contribution >= 0.6 is 34.9 Å². The van der Waals surface area contributed by atoms with Gasteiger partial charge in [-0.3, -0.25) is 19.4 Å². The van der Waals surface area contributed by atoms with Crippen LogP contribution in [-0.2, 0) is 58.8 Å². The van der Waals surface area contributed by atoms with E-state index in [9.17, 15) is 51.0 Å². The summed E-state index contributed by atoms with van der Waals surface area (Å²) in [6.07, 6.45) is 5.58. The molecular formula is C83H85Cl2F3N2O13P2PdS. The zero-order chi connectivity index (χ0) is 77.6. The number of likely N-dealkylation sites (tertiary alicyclic amines) is 2. The Balaban J connectivity index is 0.000000192. The summed E-state index contributed by atoms with van der Waals surface area (Å²) in [6, 6.07) is 81.9. The molecule has 0 aromatic heterocycles. The van der Waals surface area contributed by atoms with E-state index in [1.165, 1.54) is 36.7 Å². The molecule has 2 saturated heterocycles. The van der Waals surface area contributed by atoms with E-state index < -0.39 is 116 Å². The normalized spacial score (nSPS) is 18.0. The zero-order valence-corrected chi connectivity index (χ0v) is 65.4. The molecule has 107 heavy (non-hydrogen) atoms. The summed E-state index contributed by atoms with van der Waals surface area (Å²) in [7, 11) is 2.87. The Kier molecular flexibility index (Phi) is 34.1. The van der Waals surface area contributed by atoms with Crippen LogP contribution in [0.3, 0.4) is 0 Å². The van der Waals surface area contributed by atoms with Crippen molar-refractivity contribution in [1.82, 2.24) is 9.80 Å². The number of Topliss-reactive ketones (excluding diaryl/α,β-unsaturated/α-hetero) is 2. The minimum atomic E-state index is -5.87. The van der Waals surface area contributed by atoms with Gasteiger partial charge in [0.15, 0.2) is 11.6 Å². The third-order valence-corrected chi connectivity index (χ3v) is 21.9. The van der Waals surface area contributed by atoms with Gasteiger partial charge in [-0.05, 0) is 120 Å². The summed E-state index contributed by atoms with van der Waals surface area (Å²) in [5.74, 6) is 6.13. The number of carbonyl (C=O) groups excluding carboxylic acids is 4. The molecule has 8 aromatic rings. The molecule has 4 heterocycles. The van der Waals surface area contributed by atoms with Crippen molar-refractivity contribution in [2.75, 3.05) is 39.5 Å². The SMILES string of the molecule is C#Cc1ccccc1.CC(C)(C)OC(=O)N1C[C@@H]2C=C(C#Cc3ccccc3)CCO[C@H]2[C@H]1C(=O)CO.CC(C)(C)OC(=O)N1C[C@@H]2C=C(OS(=O)(=O)C(F)(F)F)CCO[C@H]2[C@H]1C(=O)CO.[Cl][Pd][Cl].c1ccc(P(c2ccccc2)c2ccccc2)cc1.c1ccc(P(c2ccccc2)c2ccccc2)cc1. The van der Waals surface area contributed by atoms with Crippen molar-refractivity contribution in [2.45, 2.75) is 95.4 Å². The average Bonchev–Trinajstić information content (AvgIpc) is 1.65. The molecule has 12 rings (SSSR count). The maximum atomic E-state index is 12.7. The summed E-state index contributed by atoms with van der Waals surface area (Å²) < 4.78 is 86.7. The van der Waals surface area contributed by atoms with Gasteiger partial charge in [0.1, 0.15) is 42.3 Å². The first kappa shape index (κ1) is 86.0. The van der Waals surface area contributed by atoms with Crippen LogP contribution in [0.15, 0.2) is 266 Å². The van der Waals surface area contributed by atoms with Gasteiger partial charge in [-0.25, -0.2) is 9.59 Å². The van der Waals surface area contributed by atoms with Gasteiger partial charge in [0.2, 0.25) is 0 Å². The second-order valence-corrected chi connectivity index (χ2v) is 34.4. The molecule has 0 unspecified atom stereocenters. The second-order valence-electron chi connectivity index (χ2n) is 26.1. The number of fused-ring (bicyclic) bond motifs is 2. The van der Waals surface area contributed by atoms with Gasteiger partial charge in [-0.1, -0.05) is 242 Å². The molecule has 2 N–H and O–H groups in total. The van der Waals surface area contributed by atoms with Crippen molar-refractivity contribution >= 4 is 101 Å². The number of carbonyl (C=O) groups is 4. The molecule has 2 fully saturated rings. The van der Waals surface area contributed by atoms with Gasteiger partial charge in [0.25, 0.3) is 0 Å². The van der Waals surface area contributed by atoms with E-state index in [-0.39, 0.29) is 48.0 Å². The van der Waals surface area contributed by atoms with Gasteiger partial charge < -0.3 is 33.3 Å². The molecule has 24 heteroatoms. The number of hydrogen-bond donors (Lipinski definition) is 2. The predicted molar refractivity (Wildman–Crippen MR) is 415 cm³/mol. The second kappa shape index (κ2) is 42.5. The number of nitrogens with zero attached hydrogens (tertiary/aromatic N) is 2. The van der Waals surface area contributed by atoms with Gasteiger partial charge in [-0.15, -0.1) is 6.42 Å². The Hall–Kier alpha value is -8.28. The Labute approximate surface area is 644 Å². The molecule has 4 aliphatic heterocycles. The van der Waals surface area contributed by atoms with E-state index in [0.29, 0.717) is 13.0 Å². The van der Waals surface area contributed by atoms with Crippen LogP contribution in [-0.4, -0.2) is 133 Å². The van der Waals surface area contributed by atoms with Gasteiger partial charge in [0, 0.05) is 54.5 Å². The molecule has 2 amide bonds. The molecule has 4 aliphatic rings. The van der Waals surface area contributed by atoms with Crippen LogP contribution in [0.2, 0.25) is 0 Å². The van der Waals surface area contributed by atoms with E-state index >= 15 is 0 Å². The number of halogens is 5. The third-order valence-electron chi connectivity index (χ3n) is 16.0. The first-order valence-electron chi connectivity index (χ1n) is 33.9. The van der Waals surface area contributed by atoms with Crippen molar-refractivity contribution in [2.24, 2.45) is 11.8 Å². The maximum Gasteiger partial charge on any atom is -0.0134 e. The number of terminal acetylenes is 1. The fourth-order valence-corrected chi connectivity index (χ4v) is 16.7. The van der Waals surface area contributed by atoms with Crippen LogP contribution in [0.5, 0.6) is 0 Å². The Morgan fingerprint density at radius 1 is 0.505 bits per heavy atom.